The third-order valence-corrected chi connectivity index (χ3v) is 15.0. The minimum atomic E-state index is -0.749. The average molecular weight is 204 g/mol. The smallest absolute Gasteiger partial charge is 0.0520 e. The minimum absolute atomic E-state index is 0.749. The Morgan fingerprint density at radius 1 is 0.727 bits per heavy atom. The van der Waals surface area contributed by atoms with Crippen molar-refractivity contribution < 1.29 is 0 Å². The van der Waals surface area contributed by atoms with Gasteiger partial charge in [0.15, 0.2) is 0 Å². The molecule has 3 atom stereocenters. The van der Waals surface area contributed by atoms with Crippen LogP contribution in [0.2, 0.25) is 39.3 Å². The molecule has 1 unspecified atom stereocenters. The Hall–Kier alpha value is 0.864. The minimum Gasteiger partial charge on any atom is -0.121 e. The number of hydrogen-bond acceptors (Lipinski definition) is 0. The topological polar surface area (TPSA) is 0 Å². The molecule has 0 nitrogen and oxygen atoms in total. The maximum Gasteiger partial charge on any atom is 0.0520 e. The molecule has 1 rings (SSSR count). The summed E-state index contributed by atoms with van der Waals surface area (Å²) in [5.74, 6) is 0. The van der Waals surface area contributed by atoms with Crippen molar-refractivity contribution in [2.75, 3.05) is 0 Å². The summed E-state index contributed by atoms with van der Waals surface area (Å²) in [5.41, 5.74) is 0. The van der Waals surface area contributed by atoms with E-state index in [2.05, 4.69) is 39.3 Å². The first kappa shape index (κ1) is 9.95. The van der Waals surface area contributed by atoms with Crippen LogP contribution in [0.25, 0.3) is 0 Å². The molecule has 0 bridgehead atoms. The van der Waals surface area contributed by atoms with E-state index in [1.54, 1.807) is 0 Å². The summed E-state index contributed by atoms with van der Waals surface area (Å²) in [4.78, 5) is 0. The van der Waals surface area contributed by atoms with E-state index in [1.807, 2.05) is 0 Å². The van der Waals surface area contributed by atoms with E-state index in [1.165, 1.54) is 19.1 Å². The van der Waals surface area contributed by atoms with Crippen molar-refractivity contribution in [1.29, 1.82) is 0 Å². The van der Waals surface area contributed by atoms with Gasteiger partial charge in [-0.1, -0.05) is 39.3 Å². The van der Waals surface area contributed by atoms with Gasteiger partial charge in [0.05, 0.1) is 16.1 Å². The van der Waals surface area contributed by atoms with Crippen molar-refractivity contribution in [2.45, 2.75) is 49.8 Å². The molecule has 0 aromatic heterocycles. The fourth-order valence-electron chi connectivity index (χ4n) is 1.64. The largest absolute Gasteiger partial charge is 0.121 e. The van der Waals surface area contributed by atoms with E-state index in [0.29, 0.717) is 0 Å². The molecular formula is C8H21PSi2. The van der Waals surface area contributed by atoms with Crippen LogP contribution in [0, 0.1) is 0 Å². The van der Waals surface area contributed by atoms with Gasteiger partial charge in [-0.25, -0.2) is 0 Å². The van der Waals surface area contributed by atoms with E-state index >= 15 is 0 Å². The summed E-state index contributed by atoms with van der Waals surface area (Å²) in [7, 11) is -0.157. The summed E-state index contributed by atoms with van der Waals surface area (Å²) >= 11 is 0. The molecule has 0 aliphatic carbocycles. The number of rotatable bonds is 2. The van der Waals surface area contributed by atoms with Crippen LogP contribution in [0.4, 0.5) is 0 Å². The molecular weight excluding hydrogens is 183 g/mol. The molecule has 3 heteroatoms. The first-order chi connectivity index (χ1) is 4.73. The van der Waals surface area contributed by atoms with Gasteiger partial charge in [-0.2, -0.15) is 0 Å². The third-order valence-electron chi connectivity index (χ3n) is 2.45. The lowest BCUT2D eigenvalue weighted by molar-refractivity contribution is 1.30. The second kappa shape index (κ2) is 2.68. The van der Waals surface area contributed by atoms with Gasteiger partial charge in [0.1, 0.15) is 0 Å². The lowest BCUT2D eigenvalue weighted by Crippen LogP contribution is -2.38. The Kier molecular flexibility index (Phi) is 2.42. The standard InChI is InChI=1S/C8H21PSi2/c1-10(2,3)7-8(9-7)11(4,5)6/h7-9H,1-6H3/t7-,8+. The first-order valence-electron chi connectivity index (χ1n) is 4.49. The van der Waals surface area contributed by atoms with Crippen molar-refractivity contribution in [2.24, 2.45) is 0 Å². The summed E-state index contributed by atoms with van der Waals surface area (Å²) in [5, 5.41) is 2.41. The Balaban J connectivity index is 2.51. The van der Waals surface area contributed by atoms with Gasteiger partial charge in [0.25, 0.3) is 0 Å². The molecule has 0 aromatic rings. The molecule has 1 saturated heterocycles. The van der Waals surface area contributed by atoms with E-state index in [9.17, 15) is 0 Å². The normalized spacial score (nSPS) is 34.4. The monoisotopic (exact) mass is 204 g/mol. The summed E-state index contributed by atoms with van der Waals surface area (Å²) in [6.45, 7) is 15.2. The first-order valence-corrected chi connectivity index (χ1v) is 12.8. The molecule has 0 radical (unpaired) electrons. The molecule has 1 aliphatic rings. The maximum atomic E-state index is 2.53. The zero-order valence-corrected chi connectivity index (χ0v) is 11.7. The molecule has 0 amide bonds. The highest BCUT2D eigenvalue weighted by Crippen LogP contribution is 2.57. The summed E-state index contributed by atoms with van der Waals surface area (Å²) in [6.07, 6.45) is 0. The zero-order chi connectivity index (χ0) is 8.86. The maximum absolute atomic E-state index is 2.53. The van der Waals surface area contributed by atoms with Gasteiger partial charge < -0.3 is 0 Å². The fraction of sp³-hybridized carbons (Fsp3) is 1.00. The fourth-order valence-corrected chi connectivity index (χ4v) is 15.5. The van der Waals surface area contributed by atoms with Crippen LogP contribution in [0.5, 0.6) is 0 Å². The predicted molar refractivity (Wildman–Crippen MR) is 62.6 cm³/mol. The molecule has 1 fully saturated rings. The molecule has 11 heavy (non-hydrogen) atoms. The third kappa shape index (κ3) is 2.40. The van der Waals surface area contributed by atoms with Crippen LogP contribution in [-0.4, -0.2) is 26.7 Å². The van der Waals surface area contributed by atoms with Crippen LogP contribution < -0.4 is 0 Å². The highest BCUT2D eigenvalue weighted by molar-refractivity contribution is 7.58. The van der Waals surface area contributed by atoms with Crippen molar-refractivity contribution in [3.63, 3.8) is 0 Å². The predicted octanol–water partition coefficient (Wildman–Crippen LogP) is 3.17. The lowest BCUT2D eigenvalue weighted by Gasteiger charge is -2.20. The van der Waals surface area contributed by atoms with Crippen LogP contribution in [0.15, 0.2) is 0 Å². The van der Waals surface area contributed by atoms with Gasteiger partial charge in [0, 0.05) is 0 Å². The molecule has 1 heterocycles. The van der Waals surface area contributed by atoms with Crippen LogP contribution in [-0.2, 0) is 0 Å². The molecule has 0 saturated carbocycles. The van der Waals surface area contributed by atoms with Crippen molar-refractivity contribution in [3.8, 4) is 0 Å². The molecule has 1 aliphatic heterocycles. The SMILES string of the molecule is C[Si](C)(C)[C@@H]1P[C@@H]1[Si](C)(C)C. The van der Waals surface area contributed by atoms with E-state index in [0.717, 1.165) is 0 Å². The second-order valence-electron chi connectivity index (χ2n) is 5.85. The van der Waals surface area contributed by atoms with Gasteiger partial charge in [-0.05, 0) is 10.6 Å². The summed E-state index contributed by atoms with van der Waals surface area (Å²) in [6, 6.07) is 0. The average Bonchev–Trinajstić information content (AvgIpc) is 2.30. The molecule has 0 aromatic carbocycles. The summed E-state index contributed by atoms with van der Waals surface area (Å²) < 4.78 is 0. The van der Waals surface area contributed by atoms with Gasteiger partial charge in [-0.3, -0.25) is 0 Å². The quantitative estimate of drug-likeness (QED) is 0.479. The zero-order valence-electron chi connectivity index (χ0n) is 8.65. The lowest BCUT2D eigenvalue weighted by atomic mass is 10.9. The van der Waals surface area contributed by atoms with Crippen LogP contribution >= 0.6 is 8.58 Å². The van der Waals surface area contributed by atoms with Crippen molar-refractivity contribution >= 4 is 24.7 Å². The molecule has 66 valence electrons. The van der Waals surface area contributed by atoms with E-state index < -0.39 is 16.1 Å². The Bertz CT molecular complexity index is 136. The van der Waals surface area contributed by atoms with E-state index in [-0.39, 0.29) is 0 Å². The van der Waals surface area contributed by atoms with Gasteiger partial charge >= 0.3 is 0 Å². The van der Waals surface area contributed by atoms with Crippen LogP contribution in [0.3, 0.4) is 0 Å². The molecule has 0 spiro atoms. The Labute approximate surface area is 75.0 Å². The Morgan fingerprint density at radius 2 is 1.00 bits per heavy atom. The highest BCUT2D eigenvalue weighted by Gasteiger charge is 2.51. The van der Waals surface area contributed by atoms with E-state index in [4.69, 9.17) is 0 Å². The van der Waals surface area contributed by atoms with Gasteiger partial charge in [0.2, 0.25) is 0 Å². The Morgan fingerprint density at radius 3 is 1.09 bits per heavy atom. The highest BCUT2D eigenvalue weighted by atomic mass is 31.1. The van der Waals surface area contributed by atoms with Gasteiger partial charge in [-0.15, -0.1) is 8.58 Å². The van der Waals surface area contributed by atoms with Crippen LogP contribution in [0.1, 0.15) is 0 Å². The van der Waals surface area contributed by atoms with Crippen molar-refractivity contribution in [3.05, 3.63) is 0 Å². The van der Waals surface area contributed by atoms with Crippen molar-refractivity contribution in [1.82, 2.24) is 0 Å². The number of hydrogen-bond donors (Lipinski definition) is 0. The second-order valence-corrected chi connectivity index (χ2v) is 19.3. The molecule has 0 N–H and O–H groups in total.